The molecule has 0 spiro atoms. The molecule has 0 saturated heterocycles. The van der Waals surface area contributed by atoms with Gasteiger partial charge >= 0.3 is 5.97 Å². The zero-order valence-corrected chi connectivity index (χ0v) is 9.95. The van der Waals surface area contributed by atoms with E-state index in [1.54, 1.807) is 12.1 Å². The van der Waals surface area contributed by atoms with Gasteiger partial charge in [0.25, 0.3) is 5.91 Å². The van der Waals surface area contributed by atoms with E-state index in [-0.39, 0.29) is 25.5 Å². The molecule has 1 aromatic rings. The molecular weight excluding hydrogens is 236 g/mol. The number of pyridine rings is 1. The Morgan fingerprint density at radius 1 is 1.22 bits per heavy atom. The smallest absolute Gasteiger partial charge is 0.305 e. The summed E-state index contributed by atoms with van der Waals surface area (Å²) in [4.78, 5) is 27.9. The standard InChI is InChI=1S/C12H16N2O4/c15-9-1-7-14(8-4-11(16)17)12(18)10-2-5-13-6-3-10/h2-3,5-6,15H,1,4,7-9H2,(H,16,17). The third kappa shape index (κ3) is 4.50. The average Bonchev–Trinajstić information content (AvgIpc) is 2.39. The number of rotatable bonds is 7. The lowest BCUT2D eigenvalue weighted by atomic mass is 10.2. The topological polar surface area (TPSA) is 90.7 Å². The van der Waals surface area contributed by atoms with Crippen molar-refractivity contribution in [3.8, 4) is 0 Å². The summed E-state index contributed by atoms with van der Waals surface area (Å²) in [5.74, 6) is -1.20. The predicted molar refractivity (Wildman–Crippen MR) is 64.1 cm³/mol. The molecule has 2 N–H and O–H groups in total. The summed E-state index contributed by atoms with van der Waals surface area (Å²) in [5, 5.41) is 17.4. The van der Waals surface area contributed by atoms with Crippen LogP contribution in [0, 0.1) is 0 Å². The van der Waals surface area contributed by atoms with E-state index in [1.807, 2.05) is 0 Å². The molecule has 1 amide bonds. The minimum Gasteiger partial charge on any atom is -0.481 e. The number of aromatic nitrogens is 1. The Kier molecular flexibility index (Phi) is 5.79. The highest BCUT2D eigenvalue weighted by Crippen LogP contribution is 2.05. The molecule has 1 aromatic heterocycles. The summed E-state index contributed by atoms with van der Waals surface area (Å²) in [6.45, 7) is 0.439. The highest BCUT2D eigenvalue weighted by molar-refractivity contribution is 5.94. The van der Waals surface area contributed by atoms with Gasteiger partial charge in [0.1, 0.15) is 0 Å². The molecule has 0 radical (unpaired) electrons. The van der Waals surface area contributed by atoms with Gasteiger partial charge < -0.3 is 15.1 Å². The van der Waals surface area contributed by atoms with Crippen molar-refractivity contribution in [3.63, 3.8) is 0 Å². The number of hydrogen-bond acceptors (Lipinski definition) is 4. The minimum absolute atomic E-state index is 0.0345. The number of nitrogens with zero attached hydrogens (tertiary/aromatic N) is 2. The number of amides is 1. The molecule has 0 saturated carbocycles. The fourth-order valence-electron chi connectivity index (χ4n) is 1.48. The third-order valence-corrected chi connectivity index (χ3v) is 2.40. The van der Waals surface area contributed by atoms with Gasteiger partial charge in [0.15, 0.2) is 0 Å². The van der Waals surface area contributed by atoms with Gasteiger partial charge in [-0.2, -0.15) is 0 Å². The Bertz CT molecular complexity index is 394. The maximum atomic E-state index is 12.1. The van der Waals surface area contributed by atoms with Crippen LogP contribution in [0.15, 0.2) is 24.5 Å². The maximum Gasteiger partial charge on any atom is 0.305 e. The second kappa shape index (κ2) is 7.39. The second-order valence-corrected chi connectivity index (χ2v) is 3.75. The Balaban J connectivity index is 2.69. The van der Waals surface area contributed by atoms with Crippen LogP contribution in [-0.2, 0) is 4.79 Å². The van der Waals surface area contributed by atoms with Gasteiger partial charge in [0.2, 0.25) is 0 Å². The Hall–Kier alpha value is -1.95. The Labute approximate surface area is 105 Å². The molecule has 98 valence electrons. The van der Waals surface area contributed by atoms with Crippen LogP contribution in [0.25, 0.3) is 0 Å². The number of aliphatic carboxylic acids is 1. The molecule has 0 atom stereocenters. The lowest BCUT2D eigenvalue weighted by molar-refractivity contribution is -0.137. The Morgan fingerprint density at radius 2 is 1.89 bits per heavy atom. The van der Waals surface area contributed by atoms with Crippen molar-refractivity contribution in [2.45, 2.75) is 12.8 Å². The zero-order chi connectivity index (χ0) is 13.4. The molecule has 0 fully saturated rings. The first-order valence-electron chi connectivity index (χ1n) is 5.67. The first-order chi connectivity index (χ1) is 8.65. The van der Waals surface area contributed by atoms with Gasteiger partial charge in [-0.25, -0.2) is 0 Å². The van der Waals surface area contributed by atoms with Crippen LogP contribution in [0.1, 0.15) is 23.2 Å². The number of aliphatic hydroxyl groups excluding tert-OH is 1. The van der Waals surface area contributed by atoms with Crippen molar-refractivity contribution in [1.82, 2.24) is 9.88 Å². The summed E-state index contributed by atoms with van der Waals surface area (Å²) < 4.78 is 0. The average molecular weight is 252 g/mol. The molecule has 6 heteroatoms. The molecule has 0 aliphatic heterocycles. The van der Waals surface area contributed by atoms with Gasteiger partial charge in [-0.1, -0.05) is 0 Å². The van der Waals surface area contributed by atoms with Gasteiger partial charge in [-0.05, 0) is 18.6 Å². The second-order valence-electron chi connectivity index (χ2n) is 3.75. The van der Waals surface area contributed by atoms with E-state index in [0.717, 1.165) is 0 Å². The van der Waals surface area contributed by atoms with Crippen LogP contribution < -0.4 is 0 Å². The van der Waals surface area contributed by atoms with Crippen LogP contribution >= 0.6 is 0 Å². The third-order valence-electron chi connectivity index (χ3n) is 2.40. The fraction of sp³-hybridized carbons (Fsp3) is 0.417. The number of carboxylic acid groups (broad SMARTS) is 1. The van der Waals surface area contributed by atoms with Gasteiger partial charge in [-0.15, -0.1) is 0 Å². The molecule has 18 heavy (non-hydrogen) atoms. The van der Waals surface area contributed by atoms with Gasteiger partial charge in [0.05, 0.1) is 6.42 Å². The number of carboxylic acids is 1. The van der Waals surface area contributed by atoms with Crippen molar-refractivity contribution in [2.24, 2.45) is 0 Å². The molecular formula is C12H16N2O4. The fourth-order valence-corrected chi connectivity index (χ4v) is 1.48. The lowest BCUT2D eigenvalue weighted by Crippen LogP contribution is -2.34. The van der Waals surface area contributed by atoms with Crippen molar-refractivity contribution >= 4 is 11.9 Å². The van der Waals surface area contributed by atoms with E-state index in [0.29, 0.717) is 18.5 Å². The quantitative estimate of drug-likeness (QED) is 0.732. The van der Waals surface area contributed by atoms with Crippen LogP contribution in [0.5, 0.6) is 0 Å². The molecule has 0 aliphatic carbocycles. The summed E-state index contributed by atoms with van der Waals surface area (Å²) in [7, 11) is 0. The Morgan fingerprint density at radius 3 is 2.44 bits per heavy atom. The largest absolute Gasteiger partial charge is 0.481 e. The van der Waals surface area contributed by atoms with Crippen LogP contribution in [0.4, 0.5) is 0 Å². The van der Waals surface area contributed by atoms with Crippen molar-refractivity contribution in [3.05, 3.63) is 30.1 Å². The molecule has 1 heterocycles. The number of carbonyl (C=O) groups excluding carboxylic acids is 1. The lowest BCUT2D eigenvalue weighted by Gasteiger charge is -2.21. The normalized spacial score (nSPS) is 10.1. The molecule has 6 nitrogen and oxygen atoms in total. The summed E-state index contributed by atoms with van der Waals surface area (Å²) in [6.07, 6.45) is 3.34. The van der Waals surface area contributed by atoms with E-state index >= 15 is 0 Å². The molecule has 0 aliphatic rings. The van der Waals surface area contributed by atoms with E-state index in [1.165, 1.54) is 17.3 Å². The van der Waals surface area contributed by atoms with Crippen molar-refractivity contribution in [2.75, 3.05) is 19.7 Å². The van der Waals surface area contributed by atoms with E-state index in [2.05, 4.69) is 4.98 Å². The SMILES string of the molecule is O=C(O)CCN(CCCO)C(=O)c1ccncc1. The monoisotopic (exact) mass is 252 g/mol. The number of aliphatic hydroxyl groups is 1. The molecule has 0 bridgehead atoms. The molecule has 0 aromatic carbocycles. The highest BCUT2D eigenvalue weighted by Gasteiger charge is 2.16. The van der Waals surface area contributed by atoms with Crippen LogP contribution in [0.3, 0.4) is 0 Å². The molecule has 0 unspecified atom stereocenters. The van der Waals surface area contributed by atoms with E-state index < -0.39 is 5.97 Å². The molecule has 1 rings (SSSR count). The van der Waals surface area contributed by atoms with Crippen molar-refractivity contribution in [1.29, 1.82) is 0 Å². The summed E-state index contributed by atoms with van der Waals surface area (Å²) in [6, 6.07) is 3.16. The number of carbonyl (C=O) groups is 2. The predicted octanol–water partition coefficient (Wildman–Crippen LogP) is 0.381. The van der Waals surface area contributed by atoms with Crippen LogP contribution in [0.2, 0.25) is 0 Å². The van der Waals surface area contributed by atoms with Gasteiger partial charge in [-0.3, -0.25) is 14.6 Å². The first kappa shape index (κ1) is 14.1. The zero-order valence-electron chi connectivity index (χ0n) is 9.95. The van der Waals surface area contributed by atoms with Crippen molar-refractivity contribution < 1.29 is 19.8 Å². The van der Waals surface area contributed by atoms with E-state index in [9.17, 15) is 9.59 Å². The van der Waals surface area contributed by atoms with Gasteiger partial charge in [0, 0.05) is 37.7 Å². The van der Waals surface area contributed by atoms with E-state index in [4.69, 9.17) is 10.2 Å². The van der Waals surface area contributed by atoms with Crippen LogP contribution in [-0.4, -0.2) is 51.7 Å². The minimum atomic E-state index is -0.952. The maximum absolute atomic E-state index is 12.1. The highest BCUT2D eigenvalue weighted by atomic mass is 16.4. The number of hydrogen-bond donors (Lipinski definition) is 2. The first-order valence-corrected chi connectivity index (χ1v) is 5.67. The summed E-state index contributed by atoms with van der Waals surface area (Å²) >= 11 is 0. The summed E-state index contributed by atoms with van der Waals surface area (Å²) in [5.41, 5.74) is 0.466.